The molecule has 2 rings (SSSR count). The van der Waals surface area contributed by atoms with Crippen LogP contribution >= 0.6 is 0 Å². The number of pyridine rings is 1. The number of rotatable bonds is 19. The monoisotopic (exact) mass is 573 g/mol. The minimum absolute atomic E-state index is 0.146. The van der Waals surface area contributed by atoms with E-state index < -0.39 is 6.04 Å². The maximum absolute atomic E-state index is 13.4. The minimum Gasteiger partial charge on any atom is -0.399 e. The van der Waals surface area contributed by atoms with Crippen LogP contribution in [0.4, 0.5) is 11.4 Å². The van der Waals surface area contributed by atoms with Crippen LogP contribution in [0.15, 0.2) is 61.8 Å². The molecule has 3 amide bonds. The van der Waals surface area contributed by atoms with Gasteiger partial charge in [-0.1, -0.05) is 76.6 Å². The van der Waals surface area contributed by atoms with Gasteiger partial charge in [-0.05, 0) is 49.1 Å². The third-order valence-electron chi connectivity index (χ3n) is 6.82. The van der Waals surface area contributed by atoms with E-state index in [4.69, 9.17) is 5.73 Å². The van der Waals surface area contributed by atoms with E-state index in [1.54, 1.807) is 42.6 Å². The molecule has 8 nitrogen and oxygen atoms in total. The quantitative estimate of drug-likeness (QED) is 0.106. The average Bonchev–Trinajstić information content (AvgIpc) is 2.98. The molecule has 1 aromatic heterocycles. The molecule has 0 radical (unpaired) electrons. The molecule has 42 heavy (non-hydrogen) atoms. The zero-order valence-corrected chi connectivity index (χ0v) is 25.2. The predicted molar refractivity (Wildman–Crippen MR) is 174 cm³/mol. The zero-order chi connectivity index (χ0) is 30.7. The molecule has 0 fully saturated rings. The Kier molecular flexibility index (Phi) is 15.4. The van der Waals surface area contributed by atoms with Gasteiger partial charge in [-0.3, -0.25) is 19.4 Å². The van der Waals surface area contributed by atoms with Gasteiger partial charge in [0.1, 0.15) is 6.04 Å². The zero-order valence-electron chi connectivity index (χ0n) is 25.2. The largest absolute Gasteiger partial charge is 0.399 e. The van der Waals surface area contributed by atoms with Crippen LogP contribution in [-0.2, 0) is 20.8 Å². The van der Waals surface area contributed by atoms with Crippen molar-refractivity contribution in [2.24, 2.45) is 0 Å². The van der Waals surface area contributed by atoms with Crippen molar-refractivity contribution >= 4 is 41.2 Å². The van der Waals surface area contributed by atoms with Crippen LogP contribution in [0.1, 0.15) is 82.0 Å². The van der Waals surface area contributed by atoms with Crippen molar-refractivity contribution in [2.75, 3.05) is 24.1 Å². The molecule has 4 N–H and O–H groups in total. The number of nitrogens with one attached hydrogen (secondary N) is 2. The number of nitrogens with two attached hydrogens (primary N) is 1. The van der Waals surface area contributed by atoms with Gasteiger partial charge in [-0.2, -0.15) is 0 Å². The van der Waals surface area contributed by atoms with Crippen LogP contribution < -0.4 is 16.4 Å². The first kappa shape index (κ1) is 34.0. The molecular formula is C34H47N5O3. The van der Waals surface area contributed by atoms with E-state index in [1.807, 2.05) is 30.0 Å². The number of amides is 3. The summed E-state index contributed by atoms with van der Waals surface area (Å²) in [6, 6.07) is 8.20. The summed E-state index contributed by atoms with van der Waals surface area (Å²) in [5, 5.41) is 5.80. The minimum atomic E-state index is -0.820. The van der Waals surface area contributed by atoms with Gasteiger partial charge in [0, 0.05) is 43.6 Å². The van der Waals surface area contributed by atoms with E-state index in [2.05, 4.69) is 35.7 Å². The Morgan fingerprint density at radius 2 is 1.76 bits per heavy atom. The van der Waals surface area contributed by atoms with Crippen molar-refractivity contribution in [1.29, 1.82) is 0 Å². The summed E-state index contributed by atoms with van der Waals surface area (Å²) in [4.78, 5) is 45.4. The molecule has 0 aliphatic carbocycles. The van der Waals surface area contributed by atoms with Crippen LogP contribution in [0.25, 0.3) is 12.2 Å². The number of nitrogens with zero attached hydrogens (tertiary/aromatic N) is 2. The maximum Gasteiger partial charge on any atom is 0.247 e. The molecule has 0 spiro atoms. The molecule has 0 unspecified atom stereocenters. The van der Waals surface area contributed by atoms with Crippen molar-refractivity contribution in [2.45, 2.75) is 77.7 Å². The molecular weight excluding hydrogens is 526 g/mol. The second kappa shape index (κ2) is 19.0. The highest BCUT2D eigenvalue weighted by atomic mass is 16.2. The highest BCUT2D eigenvalue weighted by Crippen LogP contribution is 2.17. The number of nitrogen functional groups attached to an aromatic ring is 1. The lowest BCUT2D eigenvalue weighted by atomic mass is 10.0. The van der Waals surface area contributed by atoms with E-state index in [0.29, 0.717) is 43.0 Å². The molecule has 8 heteroatoms. The second-order valence-corrected chi connectivity index (χ2v) is 10.3. The number of anilines is 2. The number of hydrogen-bond acceptors (Lipinski definition) is 5. The molecule has 0 aliphatic rings. The van der Waals surface area contributed by atoms with Gasteiger partial charge in [-0.25, -0.2) is 0 Å². The Bertz CT molecular complexity index is 1210. The third kappa shape index (κ3) is 12.1. The number of carbonyl (C=O) groups excluding carboxylic acids is 3. The van der Waals surface area contributed by atoms with Crippen LogP contribution in [0.2, 0.25) is 0 Å². The molecule has 226 valence electrons. The summed E-state index contributed by atoms with van der Waals surface area (Å²) in [5.41, 5.74) is 9.26. The number of hydrogen-bond donors (Lipinski definition) is 3. The molecule has 2 aromatic rings. The van der Waals surface area contributed by atoms with Gasteiger partial charge in [0.15, 0.2) is 0 Å². The third-order valence-corrected chi connectivity index (χ3v) is 6.82. The molecule has 1 atom stereocenters. The summed E-state index contributed by atoms with van der Waals surface area (Å²) in [7, 11) is 0. The lowest BCUT2D eigenvalue weighted by Gasteiger charge is -2.23. The first-order valence-corrected chi connectivity index (χ1v) is 14.9. The SMILES string of the molecule is C=C/C=C\c1cc(NC(=O)[C@H](Cc2ccc(N)cc2)NC(=O)CCCN(CCC)C(=O)CCCCCC)cnc1C=C. The Labute approximate surface area is 251 Å². The fourth-order valence-electron chi connectivity index (χ4n) is 4.55. The normalized spacial score (nSPS) is 11.6. The Morgan fingerprint density at radius 1 is 1.00 bits per heavy atom. The Morgan fingerprint density at radius 3 is 2.43 bits per heavy atom. The highest BCUT2D eigenvalue weighted by Gasteiger charge is 2.22. The van der Waals surface area contributed by atoms with Crippen LogP contribution in [0.3, 0.4) is 0 Å². The number of aromatic nitrogens is 1. The molecule has 1 heterocycles. The topological polar surface area (TPSA) is 117 Å². The van der Waals surface area contributed by atoms with E-state index in [0.717, 1.165) is 43.2 Å². The first-order chi connectivity index (χ1) is 20.3. The fraction of sp³-hybridized carbons (Fsp3) is 0.412. The van der Waals surface area contributed by atoms with Crippen molar-refractivity contribution in [3.63, 3.8) is 0 Å². The van der Waals surface area contributed by atoms with Crippen molar-refractivity contribution in [3.05, 3.63) is 78.7 Å². The van der Waals surface area contributed by atoms with Crippen molar-refractivity contribution in [1.82, 2.24) is 15.2 Å². The van der Waals surface area contributed by atoms with Gasteiger partial charge >= 0.3 is 0 Å². The van der Waals surface area contributed by atoms with E-state index in [9.17, 15) is 14.4 Å². The lowest BCUT2D eigenvalue weighted by Crippen LogP contribution is -2.45. The van der Waals surface area contributed by atoms with E-state index in [-0.39, 0.29) is 30.6 Å². The molecule has 0 bridgehead atoms. The average molecular weight is 574 g/mol. The molecule has 0 aliphatic heterocycles. The van der Waals surface area contributed by atoms with E-state index in [1.165, 1.54) is 0 Å². The van der Waals surface area contributed by atoms with Gasteiger partial charge in [0.2, 0.25) is 17.7 Å². The van der Waals surface area contributed by atoms with Crippen LogP contribution in [-0.4, -0.2) is 46.7 Å². The summed E-state index contributed by atoms with van der Waals surface area (Å²) in [6.07, 6.45) is 15.1. The van der Waals surface area contributed by atoms with Crippen molar-refractivity contribution in [3.8, 4) is 0 Å². The summed E-state index contributed by atoms with van der Waals surface area (Å²) >= 11 is 0. The van der Waals surface area contributed by atoms with Gasteiger partial charge in [0.25, 0.3) is 0 Å². The number of benzene rings is 1. The second-order valence-electron chi connectivity index (χ2n) is 10.3. The lowest BCUT2D eigenvalue weighted by molar-refractivity contribution is -0.132. The standard InChI is InChI=1S/C34H47N5O3/c1-5-9-11-12-16-33(41)39(21-7-3)22-13-15-32(40)38-31(23-26-17-19-28(35)20-18-26)34(42)37-29-24-27(14-10-6-2)30(8-4)36-25-29/h6,8,10,14,17-20,24-25,31H,2,4-5,7,9,11-13,15-16,21-23,35H2,1,3H3,(H,37,42)(H,38,40)/b14-10-/t31-/m0/s1. The molecule has 0 saturated heterocycles. The number of unbranched alkanes of at least 4 members (excludes halogenated alkanes) is 3. The highest BCUT2D eigenvalue weighted by molar-refractivity contribution is 5.97. The van der Waals surface area contributed by atoms with Crippen LogP contribution in [0, 0.1) is 0 Å². The van der Waals surface area contributed by atoms with Gasteiger partial charge < -0.3 is 21.3 Å². The maximum atomic E-state index is 13.4. The smallest absolute Gasteiger partial charge is 0.247 e. The first-order valence-electron chi connectivity index (χ1n) is 14.9. The fourth-order valence-corrected chi connectivity index (χ4v) is 4.55. The van der Waals surface area contributed by atoms with Gasteiger partial charge in [-0.15, -0.1) is 0 Å². The van der Waals surface area contributed by atoms with Gasteiger partial charge in [0.05, 0.1) is 17.6 Å². The van der Waals surface area contributed by atoms with Crippen LogP contribution in [0.5, 0.6) is 0 Å². The van der Waals surface area contributed by atoms with E-state index >= 15 is 0 Å². The Hall–Kier alpha value is -4.20. The number of carbonyl (C=O) groups is 3. The van der Waals surface area contributed by atoms with Crippen molar-refractivity contribution < 1.29 is 14.4 Å². The summed E-state index contributed by atoms with van der Waals surface area (Å²) < 4.78 is 0. The summed E-state index contributed by atoms with van der Waals surface area (Å²) in [5.74, 6) is -0.457. The number of allylic oxidation sites excluding steroid dienone is 2. The molecule has 1 aromatic carbocycles. The molecule has 0 saturated carbocycles. The summed E-state index contributed by atoms with van der Waals surface area (Å²) in [6.45, 7) is 12.9. The Balaban J connectivity index is 2.08. The predicted octanol–water partition coefficient (Wildman–Crippen LogP) is 6.16.